The van der Waals surface area contributed by atoms with Gasteiger partial charge >= 0.3 is 6.18 Å². The van der Waals surface area contributed by atoms with Crippen LogP contribution < -0.4 is 10.6 Å². The molecule has 3 atom stereocenters. The highest BCUT2D eigenvalue weighted by atomic mass is 19.4. The molecule has 5 N–H and O–H groups in total. The van der Waals surface area contributed by atoms with E-state index in [-0.39, 0.29) is 42.2 Å². The van der Waals surface area contributed by atoms with Crippen molar-refractivity contribution in [1.82, 2.24) is 25.8 Å². The Morgan fingerprint density at radius 1 is 1.21 bits per heavy atom. The Kier molecular flexibility index (Phi) is 7.09. The Hall–Kier alpha value is -2.83. The number of hydrogen-bond donors (Lipinski definition) is 5. The summed E-state index contributed by atoms with van der Waals surface area (Å²) < 4.78 is 39.4. The van der Waals surface area contributed by atoms with Crippen molar-refractivity contribution >= 4 is 11.7 Å². The maximum atomic E-state index is 13.5. The predicted octanol–water partition coefficient (Wildman–Crippen LogP) is 3.27. The van der Waals surface area contributed by atoms with Crippen LogP contribution in [-0.4, -0.2) is 66.5 Å². The molecule has 0 bridgehead atoms. The number of aliphatic hydroxyl groups excluding tert-OH is 1. The number of piperidine rings is 1. The Bertz CT molecular complexity index is 1250. The van der Waals surface area contributed by atoms with E-state index in [1.807, 2.05) is 0 Å². The van der Waals surface area contributed by atoms with Gasteiger partial charge in [0.25, 0.3) is 0 Å². The Balaban J connectivity index is 1.26. The molecule has 2 aromatic rings. The SMILES string of the molecule is Cc1nccc(-c2cc(C(=O)C3CC(C(=O)NC4CCC(O)(C(F)(F)F)CC4)CC4(CC4)N3)n[nH]2)c1[C@H](C)O. The average Bonchev–Trinajstić information content (AvgIpc) is 3.42. The Labute approximate surface area is 224 Å². The molecule has 2 aromatic heterocycles. The number of alkyl halides is 3. The fourth-order valence-corrected chi connectivity index (χ4v) is 6.15. The van der Waals surface area contributed by atoms with Crippen molar-refractivity contribution in [3.05, 3.63) is 35.3 Å². The molecule has 2 aliphatic carbocycles. The summed E-state index contributed by atoms with van der Waals surface area (Å²) in [6.07, 6.45) is -2.17. The summed E-state index contributed by atoms with van der Waals surface area (Å²) in [6, 6.07) is 2.30. The molecule has 1 aliphatic heterocycles. The number of aromatic amines is 1. The number of amides is 1. The summed E-state index contributed by atoms with van der Waals surface area (Å²) in [5, 5.41) is 33.6. The smallest absolute Gasteiger partial charge is 0.389 e. The van der Waals surface area contributed by atoms with Gasteiger partial charge in [-0.3, -0.25) is 19.7 Å². The number of aryl methyl sites for hydroxylation is 1. The van der Waals surface area contributed by atoms with Crippen molar-refractivity contribution < 1.29 is 33.0 Å². The fourth-order valence-electron chi connectivity index (χ4n) is 6.15. The third-order valence-electron chi connectivity index (χ3n) is 8.59. The van der Waals surface area contributed by atoms with Crippen LogP contribution in [0.1, 0.15) is 86.1 Å². The molecule has 9 nitrogen and oxygen atoms in total. The molecule has 2 saturated carbocycles. The minimum absolute atomic E-state index is 0.0409. The van der Waals surface area contributed by atoms with Crippen molar-refractivity contribution in [2.45, 2.75) is 101 Å². The zero-order valence-electron chi connectivity index (χ0n) is 21.9. The summed E-state index contributed by atoms with van der Waals surface area (Å²) >= 11 is 0. The number of rotatable bonds is 6. The van der Waals surface area contributed by atoms with Crippen LogP contribution in [0.25, 0.3) is 11.3 Å². The second kappa shape index (κ2) is 9.97. The van der Waals surface area contributed by atoms with Gasteiger partial charge < -0.3 is 20.8 Å². The van der Waals surface area contributed by atoms with E-state index in [2.05, 4.69) is 25.8 Å². The minimum Gasteiger partial charge on any atom is -0.389 e. The van der Waals surface area contributed by atoms with Gasteiger partial charge in [0.1, 0.15) is 5.69 Å². The number of aliphatic hydroxyl groups is 2. The number of H-pyrrole nitrogens is 1. The number of nitrogens with zero attached hydrogens (tertiary/aromatic N) is 2. The number of Topliss-reactive ketones (excluding diaryl/α,β-unsaturated/α-hetero) is 1. The molecular formula is C27H34F3N5O4. The predicted molar refractivity (Wildman–Crippen MR) is 135 cm³/mol. The van der Waals surface area contributed by atoms with E-state index >= 15 is 0 Å². The van der Waals surface area contributed by atoms with Gasteiger partial charge in [-0.15, -0.1) is 0 Å². The third kappa shape index (κ3) is 5.46. The topological polar surface area (TPSA) is 140 Å². The summed E-state index contributed by atoms with van der Waals surface area (Å²) in [5.74, 6) is -0.979. The quantitative estimate of drug-likeness (QED) is 0.349. The highest BCUT2D eigenvalue weighted by Crippen LogP contribution is 2.46. The molecule has 0 radical (unpaired) electrons. The lowest BCUT2D eigenvalue weighted by molar-refractivity contribution is -0.270. The van der Waals surface area contributed by atoms with Crippen molar-refractivity contribution in [1.29, 1.82) is 0 Å². The van der Waals surface area contributed by atoms with Crippen LogP contribution in [0.4, 0.5) is 13.2 Å². The molecule has 212 valence electrons. The molecule has 5 rings (SSSR count). The van der Waals surface area contributed by atoms with Crippen LogP contribution in [0.3, 0.4) is 0 Å². The maximum Gasteiger partial charge on any atom is 0.417 e. The fraction of sp³-hybridized carbons (Fsp3) is 0.630. The monoisotopic (exact) mass is 549 g/mol. The molecule has 1 amide bonds. The number of aromatic nitrogens is 3. The Morgan fingerprint density at radius 3 is 2.51 bits per heavy atom. The molecule has 0 aromatic carbocycles. The van der Waals surface area contributed by atoms with E-state index in [1.54, 1.807) is 32.2 Å². The zero-order chi connectivity index (χ0) is 28.2. The standard InChI is InChI=1S/C27H34F3N5O4/c1-14-22(15(2)36)18(5-10-31-14)19-12-21(35-34-19)23(37)20-11-16(13-25(33-20)8-9-25)24(38)32-17-3-6-26(39,7-4-17)27(28,29)30/h5,10,12,15-17,20,33,36,39H,3-4,6-9,11,13H2,1-2H3,(H,32,38)(H,34,35)/t15-,16?,17?,20?,26?/m0/s1. The number of carbonyl (C=O) groups excluding carboxylic acids is 2. The maximum absolute atomic E-state index is 13.5. The number of halogens is 3. The van der Waals surface area contributed by atoms with E-state index < -0.39 is 48.7 Å². The van der Waals surface area contributed by atoms with Gasteiger partial charge in [-0.25, -0.2) is 0 Å². The lowest BCUT2D eigenvalue weighted by Gasteiger charge is -2.39. The second-order valence-electron chi connectivity index (χ2n) is 11.5. The van der Waals surface area contributed by atoms with Crippen molar-refractivity contribution in [2.75, 3.05) is 0 Å². The first-order chi connectivity index (χ1) is 18.3. The molecule has 39 heavy (non-hydrogen) atoms. The van der Waals surface area contributed by atoms with Gasteiger partial charge in [-0.05, 0) is 77.3 Å². The highest BCUT2D eigenvalue weighted by molar-refractivity contribution is 6.00. The van der Waals surface area contributed by atoms with Gasteiger partial charge in [0.05, 0.1) is 17.8 Å². The van der Waals surface area contributed by atoms with E-state index in [0.717, 1.165) is 12.8 Å². The van der Waals surface area contributed by atoms with E-state index in [1.165, 1.54) is 0 Å². The number of carbonyl (C=O) groups is 2. The van der Waals surface area contributed by atoms with Gasteiger partial charge in [0.15, 0.2) is 11.4 Å². The van der Waals surface area contributed by atoms with E-state index in [0.29, 0.717) is 28.9 Å². The normalized spacial score (nSPS) is 29.2. The van der Waals surface area contributed by atoms with Gasteiger partial charge in [-0.1, -0.05) is 0 Å². The van der Waals surface area contributed by atoms with Crippen LogP contribution in [0, 0.1) is 12.8 Å². The number of ketones is 1. The Morgan fingerprint density at radius 2 is 1.90 bits per heavy atom. The summed E-state index contributed by atoms with van der Waals surface area (Å²) in [5.41, 5.74) is -0.214. The number of nitrogens with one attached hydrogen (secondary N) is 3. The van der Waals surface area contributed by atoms with Crippen molar-refractivity contribution in [3.63, 3.8) is 0 Å². The summed E-state index contributed by atoms with van der Waals surface area (Å²) in [4.78, 5) is 30.9. The van der Waals surface area contributed by atoms with Gasteiger partial charge in [0.2, 0.25) is 5.91 Å². The summed E-state index contributed by atoms with van der Waals surface area (Å²) in [6.45, 7) is 3.44. The molecule has 3 fully saturated rings. The lowest BCUT2D eigenvalue weighted by Crippen LogP contribution is -2.55. The number of hydrogen-bond acceptors (Lipinski definition) is 7. The third-order valence-corrected chi connectivity index (χ3v) is 8.59. The summed E-state index contributed by atoms with van der Waals surface area (Å²) in [7, 11) is 0. The van der Waals surface area contributed by atoms with Crippen LogP contribution >= 0.6 is 0 Å². The highest BCUT2D eigenvalue weighted by Gasteiger charge is 2.55. The van der Waals surface area contributed by atoms with E-state index in [9.17, 15) is 33.0 Å². The van der Waals surface area contributed by atoms with Crippen LogP contribution in [0.15, 0.2) is 18.3 Å². The second-order valence-corrected chi connectivity index (χ2v) is 11.5. The van der Waals surface area contributed by atoms with Gasteiger partial charge in [0, 0.05) is 40.5 Å². The first kappa shape index (κ1) is 27.7. The van der Waals surface area contributed by atoms with Crippen molar-refractivity contribution in [2.24, 2.45) is 5.92 Å². The van der Waals surface area contributed by atoms with Crippen LogP contribution in [0.5, 0.6) is 0 Å². The first-order valence-corrected chi connectivity index (χ1v) is 13.4. The minimum atomic E-state index is -4.69. The zero-order valence-corrected chi connectivity index (χ0v) is 21.9. The van der Waals surface area contributed by atoms with Gasteiger partial charge in [-0.2, -0.15) is 18.3 Å². The van der Waals surface area contributed by atoms with Crippen molar-refractivity contribution in [3.8, 4) is 11.3 Å². The first-order valence-electron chi connectivity index (χ1n) is 13.4. The van der Waals surface area contributed by atoms with Crippen LogP contribution in [-0.2, 0) is 4.79 Å². The largest absolute Gasteiger partial charge is 0.417 e. The molecule has 1 saturated heterocycles. The molecule has 12 heteroatoms. The molecule has 3 heterocycles. The average molecular weight is 550 g/mol. The molecular weight excluding hydrogens is 515 g/mol. The number of pyridine rings is 1. The molecule has 2 unspecified atom stereocenters. The molecule has 1 spiro atoms. The lowest BCUT2D eigenvalue weighted by atomic mass is 9.80. The molecule has 3 aliphatic rings. The van der Waals surface area contributed by atoms with Crippen LogP contribution in [0.2, 0.25) is 0 Å². The van der Waals surface area contributed by atoms with E-state index in [4.69, 9.17) is 0 Å².